The van der Waals surface area contributed by atoms with Crippen LogP contribution in [0.3, 0.4) is 0 Å². The van der Waals surface area contributed by atoms with Crippen LogP contribution in [0.2, 0.25) is 0 Å². The standard InChI is InChI=1S/C60H101NO10/c1-4-7-10-13-16-19-22-25-26-27-28-30-33-36-39-42-45-48-55(65)71-58-57(67)56(66)54(49-62)70-60(58)69-50-51(52(63)46-43-40-37-34-32-29-23-20-17-14-11-8-5-2)61-59(68)53(64)47-44-41-38-35-31-24-21-18-15-12-9-6-3/h9,12,15-16,18-19,21,24-26,31,35,38,41,43,46,51-54,56-58,60,62-64,66-67H,4-8,10-11,13-14,17,20,22-23,27-30,32-34,36-37,39-40,42,44-45,47-50H2,1-3H3,(H,61,68)/b12-9+,18-15+,19-16-,24-21-,26-25-,35-31-,41-38+,46-43+. The zero-order valence-corrected chi connectivity index (χ0v) is 44.6. The second-order valence-electron chi connectivity index (χ2n) is 19.1. The highest BCUT2D eigenvalue weighted by atomic mass is 16.7. The normalized spacial score (nSPS) is 20.4. The largest absolute Gasteiger partial charge is 0.454 e. The second kappa shape index (κ2) is 47.6. The molecule has 1 heterocycles. The minimum atomic E-state index is -1.63. The highest BCUT2D eigenvalue weighted by Crippen LogP contribution is 2.26. The summed E-state index contributed by atoms with van der Waals surface area (Å²) in [5, 5.41) is 56.6. The van der Waals surface area contributed by atoms with Crippen molar-refractivity contribution in [2.24, 2.45) is 0 Å². The molecule has 1 amide bonds. The number of aliphatic hydroxyl groups is 5. The summed E-state index contributed by atoms with van der Waals surface area (Å²) >= 11 is 0. The number of unbranched alkanes of at least 4 members (excludes halogenated alkanes) is 21. The molecule has 0 aromatic rings. The quantitative estimate of drug-likeness (QED) is 0.0149. The van der Waals surface area contributed by atoms with E-state index in [4.69, 9.17) is 14.2 Å². The number of carbonyl (C=O) groups excluding carboxylic acids is 2. The molecule has 0 aromatic heterocycles. The maximum absolute atomic E-state index is 13.3. The summed E-state index contributed by atoms with van der Waals surface area (Å²) in [7, 11) is 0. The molecule has 1 saturated heterocycles. The molecular weight excluding hydrogens is 895 g/mol. The molecule has 6 N–H and O–H groups in total. The molecule has 1 fully saturated rings. The molecule has 0 bridgehead atoms. The van der Waals surface area contributed by atoms with Gasteiger partial charge in [0, 0.05) is 6.42 Å². The van der Waals surface area contributed by atoms with E-state index < -0.39 is 67.4 Å². The number of carbonyl (C=O) groups is 2. The average Bonchev–Trinajstić information content (AvgIpc) is 3.37. The van der Waals surface area contributed by atoms with Gasteiger partial charge in [0.25, 0.3) is 0 Å². The maximum Gasteiger partial charge on any atom is 0.306 e. The van der Waals surface area contributed by atoms with Crippen LogP contribution in [0.1, 0.15) is 207 Å². The van der Waals surface area contributed by atoms with Gasteiger partial charge in [0.2, 0.25) is 5.91 Å². The van der Waals surface area contributed by atoms with Crippen LogP contribution in [0.5, 0.6) is 0 Å². The Hall–Kier alpha value is -3.42. The number of hydrogen-bond donors (Lipinski definition) is 6. The van der Waals surface area contributed by atoms with Gasteiger partial charge in [-0.25, -0.2) is 0 Å². The van der Waals surface area contributed by atoms with Crippen LogP contribution < -0.4 is 5.32 Å². The van der Waals surface area contributed by atoms with Gasteiger partial charge in [-0.1, -0.05) is 227 Å². The molecule has 1 aliphatic rings. The molecule has 0 radical (unpaired) electrons. The predicted molar refractivity (Wildman–Crippen MR) is 292 cm³/mol. The van der Waals surface area contributed by atoms with Gasteiger partial charge in [0.05, 0.1) is 25.4 Å². The number of allylic oxidation sites excluding steroid dienone is 15. The lowest BCUT2D eigenvalue weighted by Gasteiger charge is -2.41. The van der Waals surface area contributed by atoms with Crippen molar-refractivity contribution in [3.8, 4) is 0 Å². The summed E-state index contributed by atoms with van der Waals surface area (Å²) in [5.41, 5.74) is 0. The number of nitrogens with one attached hydrogen (secondary N) is 1. The molecule has 0 aromatic carbocycles. The number of esters is 1. The fourth-order valence-corrected chi connectivity index (χ4v) is 8.12. The molecule has 11 nitrogen and oxygen atoms in total. The van der Waals surface area contributed by atoms with Crippen molar-refractivity contribution in [1.82, 2.24) is 5.32 Å². The van der Waals surface area contributed by atoms with Crippen molar-refractivity contribution < 1.29 is 49.3 Å². The number of ether oxygens (including phenoxy) is 3. The smallest absolute Gasteiger partial charge is 0.306 e. The van der Waals surface area contributed by atoms with Crippen LogP contribution in [0.25, 0.3) is 0 Å². The molecule has 0 aliphatic carbocycles. The number of aliphatic hydroxyl groups excluding tert-OH is 5. The van der Waals surface area contributed by atoms with E-state index in [0.717, 1.165) is 77.0 Å². The van der Waals surface area contributed by atoms with Crippen LogP contribution in [0, 0.1) is 0 Å². The van der Waals surface area contributed by atoms with E-state index in [2.05, 4.69) is 56.5 Å². The predicted octanol–water partition coefficient (Wildman–Crippen LogP) is 12.4. The van der Waals surface area contributed by atoms with Gasteiger partial charge in [-0.15, -0.1) is 0 Å². The fourth-order valence-electron chi connectivity index (χ4n) is 8.12. The zero-order valence-electron chi connectivity index (χ0n) is 44.6. The minimum Gasteiger partial charge on any atom is -0.454 e. The van der Waals surface area contributed by atoms with E-state index in [0.29, 0.717) is 12.8 Å². The first-order valence-corrected chi connectivity index (χ1v) is 28.1. The Bertz CT molecular complexity index is 1520. The molecule has 0 saturated carbocycles. The van der Waals surface area contributed by atoms with Gasteiger partial charge >= 0.3 is 5.97 Å². The minimum absolute atomic E-state index is 0.101. The van der Waals surface area contributed by atoms with Crippen molar-refractivity contribution in [3.05, 3.63) is 97.2 Å². The van der Waals surface area contributed by atoms with Crippen molar-refractivity contribution in [2.75, 3.05) is 13.2 Å². The average molecular weight is 996 g/mol. The van der Waals surface area contributed by atoms with Crippen molar-refractivity contribution in [1.29, 1.82) is 0 Å². The molecule has 8 unspecified atom stereocenters. The van der Waals surface area contributed by atoms with Crippen molar-refractivity contribution >= 4 is 11.9 Å². The van der Waals surface area contributed by atoms with E-state index in [-0.39, 0.29) is 19.4 Å². The first kappa shape index (κ1) is 65.6. The topological polar surface area (TPSA) is 175 Å². The summed E-state index contributed by atoms with van der Waals surface area (Å²) < 4.78 is 17.5. The lowest BCUT2D eigenvalue weighted by Crippen LogP contribution is -2.61. The molecule has 71 heavy (non-hydrogen) atoms. The van der Waals surface area contributed by atoms with Crippen LogP contribution in [0.4, 0.5) is 0 Å². The first-order valence-electron chi connectivity index (χ1n) is 28.1. The molecule has 0 spiro atoms. The van der Waals surface area contributed by atoms with Crippen LogP contribution >= 0.6 is 0 Å². The Kier molecular flexibility index (Phi) is 44.0. The summed E-state index contributed by atoms with van der Waals surface area (Å²) in [6.07, 6.45) is 51.8. The van der Waals surface area contributed by atoms with Gasteiger partial charge in [0.1, 0.15) is 24.4 Å². The highest BCUT2D eigenvalue weighted by Gasteiger charge is 2.47. The molecule has 11 heteroatoms. The van der Waals surface area contributed by atoms with E-state index in [9.17, 15) is 35.1 Å². The van der Waals surface area contributed by atoms with Crippen LogP contribution in [-0.4, -0.2) is 99.6 Å². The van der Waals surface area contributed by atoms with Gasteiger partial charge in [0.15, 0.2) is 12.4 Å². The fraction of sp³-hybridized carbons (Fsp3) is 0.700. The summed E-state index contributed by atoms with van der Waals surface area (Å²) in [6.45, 7) is 5.54. The number of rotatable bonds is 45. The third-order valence-electron chi connectivity index (χ3n) is 12.6. The Morgan fingerprint density at radius 1 is 0.577 bits per heavy atom. The monoisotopic (exact) mass is 996 g/mol. The van der Waals surface area contributed by atoms with E-state index >= 15 is 0 Å². The molecule has 406 valence electrons. The Morgan fingerprint density at radius 3 is 1.63 bits per heavy atom. The summed E-state index contributed by atoms with van der Waals surface area (Å²) in [5.74, 6) is -1.29. The molecule has 1 aliphatic heterocycles. The van der Waals surface area contributed by atoms with Crippen LogP contribution in [0.15, 0.2) is 97.2 Å². The maximum atomic E-state index is 13.3. The van der Waals surface area contributed by atoms with E-state index in [1.807, 2.05) is 60.8 Å². The lowest BCUT2D eigenvalue weighted by atomic mass is 9.99. The molecular formula is C60H101NO10. The van der Waals surface area contributed by atoms with Crippen LogP contribution in [-0.2, 0) is 23.8 Å². The van der Waals surface area contributed by atoms with Gasteiger partial charge in [-0.2, -0.15) is 0 Å². The molecule has 8 atom stereocenters. The van der Waals surface area contributed by atoms with Crippen molar-refractivity contribution in [3.63, 3.8) is 0 Å². The van der Waals surface area contributed by atoms with Gasteiger partial charge < -0.3 is 45.1 Å². The summed E-state index contributed by atoms with van der Waals surface area (Å²) in [4.78, 5) is 26.4. The Labute approximate surface area is 431 Å². The summed E-state index contributed by atoms with van der Waals surface area (Å²) in [6, 6.07) is -1.07. The van der Waals surface area contributed by atoms with E-state index in [1.165, 1.54) is 83.5 Å². The third-order valence-corrected chi connectivity index (χ3v) is 12.6. The Morgan fingerprint density at radius 2 is 1.07 bits per heavy atom. The van der Waals surface area contributed by atoms with E-state index in [1.54, 1.807) is 6.08 Å². The highest BCUT2D eigenvalue weighted by molar-refractivity contribution is 5.80. The molecule has 1 rings (SSSR count). The van der Waals surface area contributed by atoms with Gasteiger partial charge in [-0.3, -0.25) is 9.59 Å². The number of amides is 1. The Balaban J connectivity index is 2.79. The first-order chi connectivity index (χ1) is 34.7. The third kappa shape index (κ3) is 36.2. The SMILES string of the molecule is CC/C=C/C=C/C=C\C=C/C=C/CCC(O)C(=O)NC(COC1OC(CO)C(O)C(O)C1OC(=O)CCCCCCCCC/C=C\C/C=C\CCCCC)C(O)/C=C/CCCCCCCCCCCCC. The second-order valence-corrected chi connectivity index (χ2v) is 19.1. The lowest BCUT2D eigenvalue weighted by molar-refractivity contribution is -0.305. The van der Waals surface area contributed by atoms with Crippen molar-refractivity contribution in [2.45, 2.75) is 256 Å². The number of hydrogen-bond acceptors (Lipinski definition) is 10. The zero-order chi connectivity index (χ0) is 51.8. The van der Waals surface area contributed by atoms with Gasteiger partial charge in [-0.05, 0) is 70.6 Å².